The lowest BCUT2D eigenvalue weighted by Gasteiger charge is -2.33. The molecule has 0 unspecified atom stereocenters. The molecule has 0 saturated heterocycles. The molecular formula is C26H26FN5O5S. The fourth-order valence-corrected chi connectivity index (χ4v) is 5.46. The number of halogens is 1. The molecule has 1 saturated carbocycles. The maximum absolute atomic E-state index is 14.1. The Balaban J connectivity index is 1.64. The molecule has 2 aliphatic rings. The van der Waals surface area contributed by atoms with E-state index in [2.05, 4.69) is 9.69 Å². The van der Waals surface area contributed by atoms with Gasteiger partial charge in [0.2, 0.25) is 5.91 Å². The number of ether oxygens (including phenoxy) is 2. The van der Waals surface area contributed by atoms with Gasteiger partial charge in [0.05, 0.1) is 5.69 Å². The number of fused-ring (bicyclic) bond motifs is 1. The van der Waals surface area contributed by atoms with Crippen molar-refractivity contribution in [3.63, 3.8) is 0 Å². The number of carbonyl (C=O) groups is 3. The number of hydrogen-bond donors (Lipinski definition) is 3. The molecule has 5 N–H and O–H groups in total. The standard InChI is InChI=1S/C26H26FN5O5S/c27-15-7-5-14(6-8-15)22(25(34)30-16-3-1-2-4-16)32(17-9-10-18-19(13-17)37-12-11-36-18)26(35)23-20(28)21(24(29)33)31-38-23/h5-10,13,16,22H,1-4,11-12,28H2,(H2,29,33)(H,30,34)/t22-/m0/s1. The number of carbonyl (C=O) groups excluding carboxylic acids is 3. The Hall–Kier alpha value is -4.19. The van der Waals surface area contributed by atoms with Gasteiger partial charge >= 0.3 is 0 Å². The highest BCUT2D eigenvalue weighted by molar-refractivity contribution is 7.09. The van der Waals surface area contributed by atoms with Gasteiger partial charge in [-0.1, -0.05) is 25.0 Å². The lowest BCUT2D eigenvalue weighted by Crippen LogP contribution is -2.46. The highest BCUT2D eigenvalue weighted by atomic mass is 32.1. The first-order valence-corrected chi connectivity index (χ1v) is 12.9. The summed E-state index contributed by atoms with van der Waals surface area (Å²) in [7, 11) is 0. The Morgan fingerprint density at radius 3 is 2.39 bits per heavy atom. The summed E-state index contributed by atoms with van der Waals surface area (Å²) >= 11 is 0.709. The summed E-state index contributed by atoms with van der Waals surface area (Å²) in [6, 6.07) is 8.98. The van der Waals surface area contributed by atoms with Gasteiger partial charge in [-0.05, 0) is 54.2 Å². The maximum Gasteiger partial charge on any atom is 0.273 e. The van der Waals surface area contributed by atoms with Crippen LogP contribution in [0.25, 0.3) is 0 Å². The molecule has 1 aliphatic heterocycles. The third kappa shape index (κ3) is 4.99. The molecular weight excluding hydrogens is 513 g/mol. The van der Waals surface area contributed by atoms with Gasteiger partial charge in [0.15, 0.2) is 17.2 Å². The van der Waals surface area contributed by atoms with Gasteiger partial charge < -0.3 is 26.3 Å². The summed E-state index contributed by atoms with van der Waals surface area (Å²) in [6.45, 7) is 0.696. The van der Waals surface area contributed by atoms with Crippen LogP contribution in [0.15, 0.2) is 42.5 Å². The van der Waals surface area contributed by atoms with E-state index in [1.807, 2.05) is 0 Å². The summed E-state index contributed by atoms with van der Waals surface area (Å²) in [4.78, 5) is 41.0. The van der Waals surface area contributed by atoms with Crippen molar-refractivity contribution < 1.29 is 28.2 Å². The Kier molecular flexibility index (Phi) is 7.14. The second-order valence-electron chi connectivity index (χ2n) is 9.09. The zero-order chi connectivity index (χ0) is 26.8. The van der Waals surface area contributed by atoms with Crippen molar-refractivity contribution in [3.8, 4) is 11.5 Å². The average molecular weight is 540 g/mol. The molecule has 0 bridgehead atoms. The average Bonchev–Trinajstić information content (AvgIpc) is 3.56. The van der Waals surface area contributed by atoms with Gasteiger partial charge in [0.25, 0.3) is 11.8 Å². The normalized spacial score (nSPS) is 15.6. The molecule has 10 nitrogen and oxygen atoms in total. The van der Waals surface area contributed by atoms with E-state index in [1.165, 1.54) is 29.2 Å². The van der Waals surface area contributed by atoms with Crippen LogP contribution < -0.4 is 31.2 Å². The molecule has 3 amide bonds. The molecule has 2 aromatic carbocycles. The molecule has 1 fully saturated rings. The van der Waals surface area contributed by atoms with Crippen LogP contribution in [0.3, 0.4) is 0 Å². The monoisotopic (exact) mass is 539 g/mol. The van der Waals surface area contributed by atoms with Crippen LogP contribution in [0.4, 0.5) is 15.8 Å². The van der Waals surface area contributed by atoms with Crippen LogP contribution in [0, 0.1) is 5.82 Å². The van der Waals surface area contributed by atoms with Crippen molar-refractivity contribution in [1.29, 1.82) is 0 Å². The van der Waals surface area contributed by atoms with Crippen LogP contribution in [0.1, 0.15) is 57.4 Å². The molecule has 1 atom stereocenters. The van der Waals surface area contributed by atoms with E-state index in [-0.39, 0.29) is 22.3 Å². The topological polar surface area (TPSA) is 150 Å². The van der Waals surface area contributed by atoms with Crippen molar-refractivity contribution in [1.82, 2.24) is 9.69 Å². The quantitative estimate of drug-likeness (QED) is 0.417. The Morgan fingerprint density at radius 2 is 1.74 bits per heavy atom. The minimum absolute atomic E-state index is 0.0439. The van der Waals surface area contributed by atoms with Crippen LogP contribution in [0.5, 0.6) is 11.5 Å². The number of nitrogens with zero attached hydrogens (tertiary/aromatic N) is 2. The van der Waals surface area contributed by atoms with E-state index < -0.39 is 29.6 Å². The molecule has 198 valence electrons. The van der Waals surface area contributed by atoms with E-state index in [0.717, 1.165) is 25.7 Å². The highest BCUT2D eigenvalue weighted by Gasteiger charge is 2.37. The summed E-state index contributed by atoms with van der Waals surface area (Å²) in [5.41, 5.74) is 11.8. The van der Waals surface area contributed by atoms with E-state index in [1.54, 1.807) is 18.2 Å². The van der Waals surface area contributed by atoms with E-state index in [4.69, 9.17) is 20.9 Å². The minimum atomic E-state index is -1.20. The number of nitrogen functional groups attached to an aromatic ring is 1. The number of primary amides is 1. The summed E-state index contributed by atoms with van der Waals surface area (Å²) in [5, 5.41) is 3.05. The summed E-state index contributed by atoms with van der Waals surface area (Å²) in [5.74, 6) is -1.59. The maximum atomic E-state index is 14.1. The lowest BCUT2D eigenvalue weighted by molar-refractivity contribution is -0.123. The zero-order valence-electron chi connectivity index (χ0n) is 20.3. The van der Waals surface area contributed by atoms with Crippen molar-refractivity contribution in [2.75, 3.05) is 23.8 Å². The first-order valence-electron chi connectivity index (χ1n) is 12.2. The first-order chi connectivity index (χ1) is 18.3. The molecule has 12 heteroatoms. The van der Waals surface area contributed by atoms with Gasteiger partial charge in [-0.3, -0.25) is 19.3 Å². The van der Waals surface area contributed by atoms with Crippen LogP contribution in [0.2, 0.25) is 0 Å². The van der Waals surface area contributed by atoms with Gasteiger partial charge in [-0.15, -0.1) is 0 Å². The molecule has 0 spiro atoms. The van der Waals surface area contributed by atoms with E-state index in [0.29, 0.717) is 47.5 Å². The number of benzene rings is 2. The zero-order valence-corrected chi connectivity index (χ0v) is 21.1. The van der Waals surface area contributed by atoms with Crippen molar-refractivity contribution in [2.45, 2.75) is 37.8 Å². The third-order valence-corrected chi connectivity index (χ3v) is 7.42. The summed E-state index contributed by atoms with van der Waals surface area (Å²) < 4.78 is 29.2. The van der Waals surface area contributed by atoms with Gasteiger partial charge in [0, 0.05) is 17.8 Å². The number of nitrogens with one attached hydrogen (secondary N) is 1. The largest absolute Gasteiger partial charge is 0.486 e. The molecule has 5 rings (SSSR count). The second-order valence-corrected chi connectivity index (χ2v) is 9.86. The molecule has 1 aliphatic carbocycles. The third-order valence-electron chi connectivity index (χ3n) is 6.57. The molecule has 38 heavy (non-hydrogen) atoms. The second kappa shape index (κ2) is 10.7. The van der Waals surface area contributed by atoms with Crippen LogP contribution in [-0.4, -0.2) is 41.4 Å². The van der Waals surface area contributed by atoms with Crippen molar-refractivity contribution >= 4 is 40.6 Å². The minimum Gasteiger partial charge on any atom is -0.486 e. The van der Waals surface area contributed by atoms with Crippen molar-refractivity contribution in [3.05, 3.63) is 64.4 Å². The number of hydrogen-bond acceptors (Lipinski definition) is 8. The first kappa shape index (κ1) is 25.5. The number of aromatic nitrogens is 1. The number of rotatable bonds is 7. The van der Waals surface area contributed by atoms with Gasteiger partial charge in [-0.2, -0.15) is 4.37 Å². The van der Waals surface area contributed by atoms with E-state index in [9.17, 15) is 18.8 Å². The number of nitrogens with two attached hydrogens (primary N) is 2. The fourth-order valence-electron chi connectivity index (χ4n) is 4.72. The highest BCUT2D eigenvalue weighted by Crippen LogP contribution is 2.39. The fraction of sp³-hybridized carbons (Fsp3) is 0.308. The number of amides is 3. The van der Waals surface area contributed by atoms with Crippen LogP contribution >= 0.6 is 11.5 Å². The molecule has 3 aromatic rings. The predicted octanol–water partition coefficient (Wildman–Crippen LogP) is 3.18. The predicted molar refractivity (Wildman–Crippen MR) is 139 cm³/mol. The molecule has 2 heterocycles. The Labute approximate surface area is 221 Å². The SMILES string of the molecule is NC(=O)c1nsc(C(=O)N(c2ccc3c(c2)OCCO3)[C@H](C(=O)NC2CCCC2)c2ccc(F)cc2)c1N. The lowest BCUT2D eigenvalue weighted by atomic mass is 10.0. The van der Waals surface area contributed by atoms with Gasteiger partial charge in [-0.25, -0.2) is 4.39 Å². The molecule has 1 aromatic heterocycles. The van der Waals surface area contributed by atoms with E-state index >= 15 is 0 Å². The van der Waals surface area contributed by atoms with Crippen molar-refractivity contribution in [2.24, 2.45) is 5.73 Å². The van der Waals surface area contributed by atoms with Gasteiger partial charge in [0.1, 0.15) is 29.9 Å². The smallest absolute Gasteiger partial charge is 0.273 e. The van der Waals surface area contributed by atoms with Crippen LogP contribution in [-0.2, 0) is 4.79 Å². The number of anilines is 2. The Morgan fingerprint density at radius 1 is 1.05 bits per heavy atom. The molecule has 0 radical (unpaired) electrons. The summed E-state index contributed by atoms with van der Waals surface area (Å²) in [6.07, 6.45) is 3.63. The Bertz CT molecular complexity index is 1370.